The number of carbonyl (C=O) groups excluding carboxylic acids is 2. The molecular formula is C23H28N2O5S. The number of benzene rings is 2. The number of amides is 2. The highest BCUT2D eigenvalue weighted by Gasteiger charge is 2.29. The maximum absolute atomic E-state index is 13.3. The fourth-order valence-corrected chi connectivity index (χ4v) is 4.48. The van der Waals surface area contributed by atoms with Crippen LogP contribution in [-0.4, -0.2) is 56.4 Å². The Morgan fingerprint density at radius 2 is 1.68 bits per heavy atom. The van der Waals surface area contributed by atoms with Gasteiger partial charge in [-0.15, -0.1) is 11.8 Å². The maximum Gasteiger partial charge on any atom is 0.246 e. The van der Waals surface area contributed by atoms with Crippen LogP contribution in [0.3, 0.4) is 0 Å². The van der Waals surface area contributed by atoms with E-state index in [1.165, 1.54) is 18.7 Å². The van der Waals surface area contributed by atoms with E-state index in [9.17, 15) is 9.59 Å². The molecule has 1 heterocycles. The second-order valence-corrected chi connectivity index (χ2v) is 8.32. The molecule has 1 unspecified atom stereocenters. The maximum atomic E-state index is 13.3. The lowest BCUT2D eigenvalue weighted by molar-refractivity contribution is -0.136. The summed E-state index contributed by atoms with van der Waals surface area (Å²) in [5, 5.41) is 2.81. The van der Waals surface area contributed by atoms with E-state index in [2.05, 4.69) is 5.32 Å². The number of thioether (sulfide) groups is 1. The predicted octanol–water partition coefficient (Wildman–Crippen LogP) is 2.89. The van der Waals surface area contributed by atoms with E-state index in [4.69, 9.17) is 14.2 Å². The van der Waals surface area contributed by atoms with Crippen molar-refractivity contribution in [2.45, 2.75) is 30.8 Å². The van der Waals surface area contributed by atoms with Gasteiger partial charge in [0, 0.05) is 30.7 Å². The summed E-state index contributed by atoms with van der Waals surface area (Å²) in [6.07, 6.45) is 0.722. The number of rotatable bonds is 8. The number of methoxy groups -OCH3 is 3. The molecule has 3 rings (SSSR count). The van der Waals surface area contributed by atoms with Crippen LogP contribution < -0.4 is 19.5 Å². The van der Waals surface area contributed by atoms with Gasteiger partial charge in [0.2, 0.25) is 11.8 Å². The second-order valence-electron chi connectivity index (χ2n) is 7.23. The topological polar surface area (TPSA) is 77.1 Å². The van der Waals surface area contributed by atoms with E-state index < -0.39 is 6.04 Å². The summed E-state index contributed by atoms with van der Waals surface area (Å²) in [6.45, 7) is 2.49. The zero-order valence-electron chi connectivity index (χ0n) is 18.3. The van der Waals surface area contributed by atoms with E-state index in [0.717, 1.165) is 28.2 Å². The number of nitrogens with zero attached hydrogens (tertiary/aromatic N) is 1. The zero-order chi connectivity index (χ0) is 22.4. The van der Waals surface area contributed by atoms with Crippen LogP contribution in [0.4, 0.5) is 0 Å². The molecular weight excluding hydrogens is 416 g/mol. The van der Waals surface area contributed by atoms with Crippen molar-refractivity contribution >= 4 is 23.6 Å². The van der Waals surface area contributed by atoms with Crippen molar-refractivity contribution in [3.05, 3.63) is 47.5 Å². The first-order valence-corrected chi connectivity index (χ1v) is 11.0. The molecule has 0 saturated carbocycles. The lowest BCUT2D eigenvalue weighted by atomic mass is 9.98. The normalized spacial score (nSPS) is 13.7. The molecule has 0 aliphatic carbocycles. The van der Waals surface area contributed by atoms with Gasteiger partial charge >= 0.3 is 0 Å². The first-order valence-electron chi connectivity index (χ1n) is 10.0. The summed E-state index contributed by atoms with van der Waals surface area (Å²) in [4.78, 5) is 27.8. The van der Waals surface area contributed by atoms with Crippen LogP contribution in [0.15, 0.2) is 41.3 Å². The third-order valence-electron chi connectivity index (χ3n) is 5.18. The van der Waals surface area contributed by atoms with Gasteiger partial charge in [-0.1, -0.05) is 0 Å². The Labute approximate surface area is 187 Å². The molecule has 0 spiro atoms. The molecule has 1 aliphatic rings. The molecule has 0 aromatic heterocycles. The van der Waals surface area contributed by atoms with Gasteiger partial charge in [0.15, 0.2) is 11.5 Å². The van der Waals surface area contributed by atoms with Crippen LogP contribution in [0.5, 0.6) is 17.2 Å². The van der Waals surface area contributed by atoms with Crippen LogP contribution in [0, 0.1) is 0 Å². The van der Waals surface area contributed by atoms with E-state index in [1.807, 2.05) is 36.4 Å². The van der Waals surface area contributed by atoms with Crippen LogP contribution in [0.25, 0.3) is 0 Å². The Morgan fingerprint density at radius 3 is 2.26 bits per heavy atom. The molecule has 2 aromatic rings. The molecule has 7 nitrogen and oxygen atoms in total. The Bertz CT molecular complexity index is 932. The quantitative estimate of drug-likeness (QED) is 0.631. The molecule has 0 fully saturated rings. The molecule has 166 valence electrons. The molecule has 0 saturated heterocycles. The van der Waals surface area contributed by atoms with E-state index >= 15 is 0 Å². The number of ether oxygens (including phenoxy) is 3. The van der Waals surface area contributed by atoms with Crippen LogP contribution in [0.2, 0.25) is 0 Å². The molecule has 0 radical (unpaired) electrons. The molecule has 2 aromatic carbocycles. The lowest BCUT2D eigenvalue weighted by Crippen LogP contribution is -2.50. The van der Waals surface area contributed by atoms with Gasteiger partial charge in [-0.2, -0.15) is 0 Å². The summed E-state index contributed by atoms with van der Waals surface area (Å²) < 4.78 is 16.0. The minimum atomic E-state index is -0.605. The fraction of sp³-hybridized carbons (Fsp3) is 0.391. The summed E-state index contributed by atoms with van der Waals surface area (Å²) in [5.74, 6) is 2.24. The fourth-order valence-electron chi connectivity index (χ4n) is 3.56. The largest absolute Gasteiger partial charge is 0.497 e. The first kappa shape index (κ1) is 22.8. The Kier molecular flexibility index (Phi) is 7.68. The van der Waals surface area contributed by atoms with Gasteiger partial charge in [-0.05, 0) is 53.9 Å². The highest BCUT2D eigenvalue weighted by Crippen LogP contribution is 2.33. The standard InChI is InChI=1S/C23H28N2O5S/c1-15(26)24-20(14-31-19-7-5-18(28-2)6-8-19)23(27)25-10-9-16-11-21(29-3)22(30-4)12-17(16)13-25/h5-8,11-12,20H,9-10,13-14H2,1-4H3,(H,24,26). The second kappa shape index (κ2) is 10.4. The highest BCUT2D eigenvalue weighted by atomic mass is 32.2. The van der Waals surface area contributed by atoms with Crippen molar-refractivity contribution in [1.82, 2.24) is 10.2 Å². The van der Waals surface area contributed by atoms with Crippen molar-refractivity contribution in [2.24, 2.45) is 0 Å². The van der Waals surface area contributed by atoms with Crippen LogP contribution >= 0.6 is 11.8 Å². The Morgan fingerprint density at radius 1 is 1.03 bits per heavy atom. The summed E-state index contributed by atoms with van der Waals surface area (Å²) in [6, 6.07) is 10.9. The minimum absolute atomic E-state index is 0.0864. The summed E-state index contributed by atoms with van der Waals surface area (Å²) >= 11 is 1.52. The minimum Gasteiger partial charge on any atom is -0.497 e. The van der Waals surface area contributed by atoms with E-state index in [1.54, 1.807) is 26.2 Å². The average molecular weight is 445 g/mol. The number of fused-ring (bicyclic) bond motifs is 1. The van der Waals surface area contributed by atoms with Crippen molar-refractivity contribution in [1.29, 1.82) is 0 Å². The number of hydrogen-bond acceptors (Lipinski definition) is 6. The smallest absolute Gasteiger partial charge is 0.246 e. The Hall–Kier alpha value is -2.87. The molecule has 2 amide bonds. The van der Waals surface area contributed by atoms with Crippen LogP contribution in [0.1, 0.15) is 18.1 Å². The number of carbonyl (C=O) groups is 2. The summed E-state index contributed by atoms with van der Waals surface area (Å²) in [7, 11) is 4.83. The number of hydrogen-bond donors (Lipinski definition) is 1. The van der Waals surface area contributed by atoms with Gasteiger partial charge in [0.25, 0.3) is 0 Å². The zero-order valence-corrected chi connectivity index (χ0v) is 19.1. The molecule has 31 heavy (non-hydrogen) atoms. The van der Waals surface area contributed by atoms with Crippen molar-refractivity contribution in [2.75, 3.05) is 33.6 Å². The van der Waals surface area contributed by atoms with Crippen LogP contribution in [-0.2, 0) is 22.6 Å². The molecule has 1 atom stereocenters. The molecule has 8 heteroatoms. The third-order valence-corrected chi connectivity index (χ3v) is 6.29. The average Bonchev–Trinajstić information content (AvgIpc) is 2.80. The first-order chi connectivity index (χ1) is 14.9. The monoisotopic (exact) mass is 444 g/mol. The SMILES string of the molecule is COc1ccc(SCC(NC(C)=O)C(=O)N2CCc3cc(OC)c(OC)cc3C2)cc1. The van der Waals surface area contributed by atoms with Gasteiger partial charge in [0.05, 0.1) is 21.3 Å². The van der Waals surface area contributed by atoms with E-state index in [0.29, 0.717) is 30.3 Å². The predicted molar refractivity (Wildman–Crippen MR) is 120 cm³/mol. The van der Waals surface area contributed by atoms with Gasteiger partial charge in [0.1, 0.15) is 11.8 Å². The van der Waals surface area contributed by atoms with Gasteiger partial charge < -0.3 is 24.4 Å². The molecule has 1 aliphatic heterocycles. The summed E-state index contributed by atoms with van der Waals surface area (Å²) in [5.41, 5.74) is 2.17. The van der Waals surface area contributed by atoms with Crippen molar-refractivity contribution in [3.8, 4) is 17.2 Å². The van der Waals surface area contributed by atoms with E-state index in [-0.39, 0.29) is 11.8 Å². The third kappa shape index (κ3) is 5.64. The molecule has 1 N–H and O–H groups in total. The number of nitrogens with one attached hydrogen (secondary N) is 1. The lowest BCUT2D eigenvalue weighted by Gasteiger charge is -2.32. The highest BCUT2D eigenvalue weighted by molar-refractivity contribution is 7.99. The van der Waals surface area contributed by atoms with Gasteiger partial charge in [-0.25, -0.2) is 0 Å². The van der Waals surface area contributed by atoms with Crippen molar-refractivity contribution < 1.29 is 23.8 Å². The molecule has 0 bridgehead atoms. The van der Waals surface area contributed by atoms with Gasteiger partial charge in [-0.3, -0.25) is 9.59 Å². The van der Waals surface area contributed by atoms with Crippen molar-refractivity contribution in [3.63, 3.8) is 0 Å². The Balaban J connectivity index is 1.71.